The Hall–Kier alpha value is -1.94. The smallest absolute Gasteiger partial charge is 0.322 e. The van der Waals surface area contributed by atoms with Gasteiger partial charge < -0.3 is 10.8 Å². The third-order valence-corrected chi connectivity index (χ3v) is 3.42. The summed E-state index contributed by atoms with van der Waals surface area (Å²) in [6.07, 6.45) is 1.63. The molecule has 0 saturated carbocycles. The summed E-state index contributed by atoms with van der Waals surface area (Å²) >= 11 is 0. The molecule has 1 amide bonds. The summed E-state index contributed by atoms with van der Waals surface area (Å²) in [7, 11) is -2.54. The average Bonchev–Trinajstić information content (AvgIpc) is 2.63. The summed E-state index contributed by atoms with van der Waals surface area (Å²) in [4.78, 5) is 21.2. The van der Waals surface area contributed by atoms with Crippen molar-refractivity contribution in [2.24, 2.45) is 12.8 Å². The normalized spacial score (nSPS) is 13.2. The number of carboxylic acids is 1. The standard InChI is InChI=1S/C8H12N4O5S/c1-12-4-5(3-10-12)18(16,17)11-6(8(14)15)2-7(9)13/h3-4,6,11H,2H2,1H3,(H2,9,13)(H,14,15). The van der Waals surface area contributed by atoms with Crippen LogP contribution >= 0.6 is 0 Å². The second-order valence-corrected chi connectivity index (χ2v) is 5.25. The topological polar surface area (TPSA) is 144 Å². The Kier molecular flexibility index (Phi) is 4.03. The SMILES string of the molecule is Cn1cc(S(=O)(=O)NC(CC(N)=O)C(=O)O)cn1. The predicted octanol–water partition coefficient (Wildman–Crippen LogP) is -1.97. The molecule has 0 aromatic carbocycles. The maximum absolute atomic E-state index is 11.8. The Morgan fingerprint density at radius 2 is 2.22 bits per heavy atom. The number of carbonyl (C=O) groups is 2. The number of nitrogens with zero attached hydrogens (tertiary/aromatic N) is 2. The van der Waals surface area contributed by atoms with Gasteiger partial charge in [-0.2, -0.15) is 9.82 Å². The molecular formula is C8H12N4O5S. The van der Waals surface area contributed by atoms with Gasteiger partial charge in [-0.3, -0.25) is 14.3 Å². The van der Waals surface area contributed by atoms with Crippen molar-refractivity contribution in [3.8, 4) is 0 Å². The van der Waals surface area contributed by atoms with Crippen LogP contribution in [0.25, 0.3) is 0 Å². The maximum atomic E-state index is 11.8. The summed E-state index contributed by atoms with van der Waals surface area (Å²) in [5.74, 6) is -2.41. The lowest BCUT2D eigenvalue weighted by Gasteiger charge is -2.11. The highest BCUT2D eigenvalue weighted by Gasteiger charge is 2.27. The fraction of sp³-hybridized carbons (Fsp3) is 0.375. The van der Waals surface area contributed by atoms with E-state index in [0.717, 1.165) is 6.20 Å². The Morgan fingerprint density at radius 1 is 1.61 bits per heavy atom. The van der Waals surface area contributed by atoms with Gasteiger partial charge in [-0.15, -0.1) is 0 Å². The van der Waals surface area contributed by atoms with Crippen LogP contribution in [0.3, 0.4) is 0 Å². The van der Waals surface area contributed by atoms with Gasteiger partial charge in [-0.25, -0.2) is 8.42 Å². The van der Waals surface area contributed by atoms with Gasteiger partial charge in [0.25, 0.3) is 0 Å². The molecule has 10 heteroatoms. The summed E-state index contributed by atoms with van der Waals surface area (Å²) < 4.78 is 26.6. The Bertz CT molecular complexity index is 564. The van der Waals surface area contributed by atoms with Crippen LogP contribution in [-0.4, -0.2) is 41.2 Å². The van der Waals surface area contributed by atoms with Crippen LogP contribution in [0, 0.1) is 0 Å². The van der Waals surface area contributed by atoms with Crippen molar-refractivity contribution in [2.75, 3.05) is 0 Å². The summed E-state index contributed by atoms with van der Waals surface area (Å²) in [5, 5.41) is 12.4. The van der Waals surface area contributed by atoms with E-state index in [1.54, 1.807) is 0 Å². The Labute approximate surface area is 103 Å². The monoisotopic (exact) mass is 276 g/mol. The summed E-state index contributed by atoms with van der Waals surface area (Å²) in [6.45, 7) is 0. The summed E-state index contributed by atoms with van der Waals surface area (Å²) in [5.41, 5.74) is 4.84. The van der Waals surface area contributed by atoms with Crippen LogP contribution in [-0.2, 0) is 26.7 Å². The number of hydrogen-bond acceptors (Lipinski definition) is 5. The number of amides is 1. The summed E-state index contributed by atoms with van der Waals surface area (Å²) in [6, 6.07) is -1.60. The van der Waals surface area contributed by atoms with Gasteiger partial charge in [0.1, 0.15) is 10.9 Å². The van der Waals surface area contributed by atoms with E-state index in [1.165, 1.54) is 17.9 Å². The maximum Gasteiger partial charge on any atom is 0.322 e. The van der Waals surface area contributed by atoms with Crippen molar-refractivity contribution in [1.82, 2.24) is 14.5 Å². The molecule has 0 radical (unpaired) electrons. The van der Waals surface area contributed by atoms with Crippen LogP contribution in [0.4, 0.5) is 0 Å². The van der Waals surface area contributed by atoms with Gasteiger partial charge in [0.2, 0.25) is 15.9 Å². The second kappa shape index (κ2) is 5.14. The third-order valence-electron chi connectivity index (χ3n) is 1.99. The molecule has 1 aromatic rings. The number of nitrogens with one attached hydrogen (secondary N) is 1. The van der Waals surface area contributed by atoms with Crippen LogP contribution in [0.2, 0.25) is 0 Å². The average molecular weight is 276 g/mol. The fourth-order valence-electron chi connectivity index (χ4n) is 1.17. The molecule has 0 aliphatic rings. The Morgan fingerprint density at radius 3 is 2.61 bits per heavy atom. The van der Waals surface area contributed by atoms with Crippen molar-refractivity contribution < 1.29 is 23.1 Å². The van der Waals surface area contributed by atoms with E-state index >= 15 is 0 Å². The second-order valence-electron chi connectivity index (χ2n) is 3.53. The predicted molar refractivity (Wildman–Crippen MR) is 58.8 cm³/mol. The number of carbonyl (C=O) groups excluding carboxylic acids is 1. The zero-order valence-corrected chi connectivity index (χ0v) is 10.2. The molecule has 0 aliphatic carbocycles. The lowest BCUT2D eigenvalue weighted by molar-refractivity contribution is -0.140. The van der Waals surface area contributed by atoms with E-state index in [1.807, 2.05) is 4.72 Å². The molecule has 100 valence electrons. The van der Waals surface area contributed by atoms with Gasteiger partial charge in [0.15, 0.2) is 0 Å². The molecule has 0 bridgehead atoms. The van der Waals surface area contributed by atoms with Crippen molar-refractivity contribution in [3.63, 3.8) is 0 Å². The lowest BCUT2D eigenvalue weighted by atomic mass is 10.2. The van der Waals surface area contributed by atoms with E-state index in [2.05, 4.69) is 5.10 Å². The highest BCUT2D eigenvalue weighted by molar-refractivity contribution is 7.89. The minimum Gasteiger partial charge on any atom is -0.480 e. The van der Waals surface area contributed by atoms with Crippen LogP contribution in [0.5, 0.6) is 0 Å². The molecule has 1 aromatic heterocycles. The molecule has 1 atom stereocenters. The van der Waals surface area contributed by atoms with Crippen LogP contribution in [0.15, 0.2) is 17.3 Å². The van der Waals surface area contributed by atoms with Crippen molar-refractivity contribution >= 4 is 21.9 Å². The number of rotatable bonds is 6. The van der Waals surface area contributed by atoms with Crippen molar-refractivity contribution in [2.45, 2.75) is 17.4 Å². The first kappa shape index (κ1) is 14.1. The molecule has 1 unspecified atom stereocenters. The first-order valence-electron chi connectivity index (χ1n) is 4.74. The number of aliphatic carboxylic acids is 1. The van der Waals surface area contributed by atoms with E-state index in [9.17, 15) is 18.0 Å². The minimum atomic E-state index is -4.05. The van der Waals surface area contributed by atoms with Gasteiger partial charge in [-0.05, 0) is 0 Å². The first-order valence-corrected chi connectivity index (χ1v) is 6.23. The number of carboxylic acid groups (broad SMARTS) is 1. The quantitative estimate of drug-likeness (QED) is 0.549. The highest BCUT2D eigenvalue weighted by atomic mass is 32.2. The van der Waals surface area contributed by atoms with Crippen molar-refractivity contribution in [3.05, 3.63) is 12.4 Å². The zero-order chi connectivity index (χ0) is 13.9. The molecule has 1 rings (SSSR count). The minimum absolute atomic E-state index is 0.194. The number of hydrogen-bond donors (Lipinski definition) is 3. The molecule has 9 nitrogen and oxygen atoms in total. The van der Waals surface area contributed by atoms with E-state index in [0.29, 0.717) is 0 Å². The fourth-order valence-corrected chi connectivity index (χ4v) is 2.35. The first-order chi connectivity index (χ1) is 8.22. The van der Waals surface area contributed by atoms with Gasteiger partial charge >= 0.3 is 5.97 Å². The number of aromatic nitrogens is 2. The van der Waals surface area contributed by atoms with Crippen LogP contribution < -0.4 is 10.5 Å². The largest absolute Gasteiger partial charge is 0.480 e. The molecule has 4 N–H and O–H groups in total. The van der Waals surface area contributed by atoms with E-state index in [4.69, 9.17) is 10.8 Å². The van der Waals surface area contributed by atoms with Gasteiger partial charge in [0, 0.05) is 13.2 Å². The van der Waals surface area contributed by atoms with Gasteiger partial charge in [-0.1, -0.05) is 0 Å². The van der Waals surface area contributed by atoms with E-state index < -0.39 is 34.4 Å². The Balaban J connectivity index is 2.93. The number of aryl methyl sites for hydroxylation is 1. The number of sulfonamides is 1. The van der Waals surface area contributed by atoms with E-state index in [-0.39, 0.29) is 4.90 Å². The molecule has 1 heterocycles. The molecule has 18 heavy (non-hydrogen) atoms. The third kappa shape index (κ3) is 3.53. The number of primary amides is 1. The molecular weight excluding hydrogens is 264 g/mol. The molecule has 0 saturated heterocycles. The molecule has 0 aliphatic heterocycles. The van der Waals surface area contributed by atoms with Crippen LogP contribution in [0.1, 0.15) is 6.42 Å². The molecule has 0 fully saturated rings. The zero-order valence-electron chi connectivity index (χ0n) is 9.40. The van der Waals surface area contributed by atoms with Gasteiger partial charge in [0.05, 0.1) is 12.6 Å². The number of nitrogens with two attached hydrogens (primary N) is 1. The lowest BCUT2D eigenvalue weighted by Crippen LogP contribution is -2.43. The highest BCUT2D eigenvalue weighted by Crippen LogP contribution is 2.08. The van der Waals surface area contributed by atoms with Crippen molar-refractivity contribution in [1.29, 1.82) is 0 Å². The molecule has 0 spiro atoms.